The van der Waals surface area contributed by atoms with E-state index in [-0.39, 0.29) is 0 Å². The topological polar surface area (TPSA) is 40.5 Å². The van der Waals surface area contributed by atoms with Crippen molar-refractivity contribution in [1.82, 2.24) is 0 Å². The molecular formula is C22H41O2. The zero-order valence-electron chi connectivity index (χ0n) is 15.8. The molecule has 0 aromatic heterocycles. The van der Waals surface area contributed by atoms with Gasteiger partial charge in [-0.3, -0.25) is 0 Å². The van der Waals surface area contributed by atoms with Crippen molar-refractivity contribution in [2.24, 2.45) is 0 Å². The largest absolute Gasteiger partial charge is 0.390 e. The number of rotatable bonds is 19. The van der Waals surface area contributed by atoms with Crippen LogP contribution in [0.5, 0.6) is 0 Å². The molecule has 24 heavy (non-hydrogen) atoms. The molecular weight excluding hydrogens is 296 g/mol. The van der Waals surface area contributed by atoms with E-state index in [2.05, 4.69) is 6.58 Å². The van der Waals surface area contributed by atoms with E-state index < -0.39 is 12.2 Å². The molecule has 0 fully saturated rings. The van der Waals surface area contributed by atoms with Crippen LogP contribution in [0, 0.1) is 6.58 Å². The summed E-state index contributed by atoms with van der Waals surface area (Å²) in [7, 11) is 0. The van der Waals surface area contributed by atoms with Gasteiger partial charge in [-0.1, -0.05) is 82.9 Å². The van der Waals surface area contributed by atoms with E-state index in [9.17, 15) is 10.2 Å². The Morgan fingerprint density at radius 1 is 0.625 bits per heavy atom. The van der Waals surface area contributed by atoms with E-state index >= 15 is 0 Å². The first-order chi connectivity index (χ1) is 11.7. The van der Waals surface area contributed by atoms with Crippen molar-refractivity contribution in [3.05, 3.63) is 25.3 Å². The Bertz CT molecular complexity index is 247. The summed E-state index contributed by atoms with van der Waals surface area (Å²) < 4.78 is 0. The van der Waals surface area contributed by atoms with Crippen LogP contribution in [-0.4, -0.2) is 22.4 Å². The molecule has 0 aromatic rings. The summed E-state index contributed by atoms with van der Waals surface area (Å²) in [6.07, 6.45) is 20.6. The third-order valence-electron chi connectivity index (χ3n) is 4.72. The van der Waals surface area contributed by atoms with Crippen molar-refractivity contribution in [3.63, 3.8) is 0 Å². The van der Waals surface area contributed by atoms with E-state index in [4.69, 9.17) is 6.58 Å². The smallest absolute Gasteiger partial charge is 0.0799 e. The quantitative estimate of drug-likeness (QED) is 0.220. The van der Waals surface area contributed by atoms with Gasteiger partial charge >= 0.3 is 0 Å². The van der Waals surface area contributed by atoms with Crippen molar-refractivity contribution in [2.75, 3.05) is 0 Å². The van der Waals surface area contributed by atoms with Gasteiger partial charge in [-0.2, -0.15) is 0 Å². The van der Waals surface area contributed by atoms with Gasteiger partial charge in [0, 0.05) is 0 Å². The van der Waals surface area contributed by atoms with E-state index in [1.54, 1.807) is 6.08 Å². The van der Waals surface area contributed by atoms with Gasteiger partial charge < -0.3 is 10.2 Å². The number of aliphatic hydroxyl groups is 2. The Morgan fingerprint density at radius 3 is 1.42 bits per heavy atom. The SMILES string of the molecule is [CH]=CCCCCCCCCC(O)C(O)CCCCCCCCC=C. The molecule has 2 nitrogen and oxygen atoms in total. The average molecular weight is 338 g/mol. The van der Waals surface area contributed by atoms with Crippen LogP contribution < -0.4 is 0 Å². The van der Waals surface area contributed by atoms with Crippen LogP contribution >= 0.6 is 0 Å². The molecule has 0 amide bonds. The van der Waals surface area contributed by atoms with Gasteiger partial charge in [0.1, 0.15) is 0 Å². The minimum Gasteiger partial charge on any atom is -0.390 e. The second kappa shape index (κ2) is 18.7. The molecule has 2 N–H and O–H groups in total. The lowest BCUT2D eigenvalue weighted by molar-refractivity contribution is 0.00712. The van der Waals surface area contributed by atoms with Gasteiger partial charge in [0.15, 0.2) is 0 Å². The van der Waals surface area contributed by atoms with Gasteiger partial charge in [-0.05, 0) is 38.5 Å². The summed E-state index contributed by atoms with van der Waals surface area (Å²) >= 11 is 0. The second-order valence-electron chi connectivity index (χ2n) is 7.06. The Kier molecular flexibility index (Phi) is 18.3. The van der Waals surface area contributed by atoms with E-state index in [1.165, 1.54) is 51.4 Å². The molecule has 0 heterocycles. The van der Waals surface area contributed by atoms with E-state index in [1.807, 2.05) is 6.08 Å². The summed E-state index contributed by atoms with van der Waals surface area (Å²) in [5.74, 6) is 0. The highest BCUT2D eigenvalue weighted by molar-refractivity contribution is 4.68. The molecule has 0 saturated carbocycles. The van der Waals surface area contributed by atoms with Gasteiger partial charge in [0.2, 0.25) is 0 Å². The Labute approximate surface area is 151 Å². The highest BCUT2D eigenvalue weighted by Crippen LogP contribution is 2.15. The van der Waals surface area contributed by atoms with Crippen molar-refractivity contribution in [3.8, 4) is 0 Å². The predicted molar refractivity (Wildman–Crippen MR) is 105 cm³/mol. The maximum Gasteiger partial charge on any atom is 0.0799 e. The third kappa shape index (κ3) is 16.3. The van der Waals surface area contributed by atoms with Crippen LogP contribution in [0.15, 0.2) is 18.7 Å². The molecule has 2 heteroatoms. The molecule has 141 valence electrons. The lowest BCUT2D eigenvalue weighted by Gasteiger charge is -2.17. The second-order valence-corrected chi connectivity index (χ2v) is 7.06. The zero-order valence-corrected chi connectivity index (χ0v) is 15.8. The van der Waals surface area contributed by atoms with Crippen molar-refractivity contribution >= 4 is 0 Å². The lowest BCUT2D eigenvalue weighted by atomic mass is 9.99. The molecule has 1 radical (unpaired) electrons. The van der Waals surface area contributed by atoms with E-state index in [0.717, 1.165) is 51.4 Å². The first-order valence-electron chi connectivity index (χ1n) is 10.2. The summed E-state index contributed by atoms with van der Waals surface area (Å²) in [6, 6.07) is 0. The monoisotopic (exact) mass is 337 g/mol. The van der Waals surface area contributed by atoms with Gasteiger partial charge in [0.05, 0.1) is 12.2 Å². The number of hydrogen-bond donors (Lipinski definition) is 2. The lowest BCUT2D eigenvalue weighted by Crippen LogP contribution is -2.25. The van der Waals surface area contributed by atoms with E-state index in [0.29, 0.717) is 0 Å². The number of aliphatic hydroxyl groups excluding tert-OH is 2. The average Bonchev–Trinajstić information content (AvgIpc) is 2.59. The molecule has 2 atom stereocenters. The van der Waals surface area contributed by atoms with Crippen molar-refractivity contribution in [1.29, 1.82) is 0 Å². The summed E-state index contributed by atoms with van der Waals surface area (Å²) in [5, 5.41) is 20.0. The molecule has 0 aromatic carbocycles. The molecule has 0 saturated heterocycles. The van der Waals surface area contributed by atoms with Crippen molar-refractivity contribution in [2.45, 2.75) is 115 Å². The van der Waals surface area contributed by atoms with Crippen LogP contribution in [0.4, 0.5) is 0 Å². The predicted octanol–water partition coefficient (Wildman–Crippen LogP) is 6.12. The minimum atomic E-state index is -0.538. The highest BCUT2D eigenvalue weighted by Gasteiger charge is 2.15. The molecule has 0 spiro atoms. The zero-order chi connectivity index (χ0) is 17.9. The Morgan fingerprint density at radius 2 is 1.00 bits per heavy atom. The summed E-state index contributed by atoms with van der Waals surface area (Å²) in [4.78, 5) is 0. The number of allylic oxidation sites excluding steroid dienone is 2. The van der Waals surface area contributed by atoms with Gasteiger partial charge in [-0.25, -0.2) is 0 Å². The molecule has 0 aliphatic rings. The van der Waals surface area contributed by atoms with Crippen LogP contribution in [0.1, 0.15) is 103 Å². The Balaban J connectivity index is 3.35. The Hall–Kier alpha value is -0.600. The molecule has 0 bridgehead atoms. The summed E-state index contributed by atoms with van der Waals surface area (Å²) in [5.41, 5.74) is 0. The van der Waals surface area contributed by atoms with Crippen LogP contribution in [0.3, 0.4) is 0 Å². The molecule has 0 aliphatic heterocycles. The fraction of sp³-hybridized carbons (Fsp3) is 0.818. The fourth-order valence-corrected chi connectivity index (χ4v) is 3.06. The molecule has 0 rings (SSSR count). The first-order valence-corrected chi connectivity index (χ1v) is 10.2. The van der Waals surface area contributed by atoms with Gasteiger partial charge in [0.25, 0.3) is 0 Å². The highest BCUT2D eigenvalue weighted by atomic mass is 16.3. The minimum absolute atomic E-state index is 0.536. The third-order valence-corrected chi connectivity index (χ3v) is 4.72. The molecule has 2 unspecified atom stereocenters. The number of unbranched alkanes of at least 4 members (excludes halogenated alkanes) is 12. The number of hydrogen-bond acceptors (Lipinski definition) is 2. The first kappa shape index (κ1) is 23.4. The standard InChI is InChI=1S/C22H41O2/c1-3-5-7-9-11-13-15-17-19-21(23)22(24)20-18-16-14-12-10-8-6-4-2/h1,3-4,21-24H,2,5-20H2. The maximum atomic E-state index is 10.0. The van der Waals surface area contributed by atoms with Gasteiger partial charge in [-0.15, -0.1) is 6.58 Å². The summed E-state index contributed by atoms with van der Waals surface area (Å²) in [6.45, 7) is 9.08. The maximum absolute atomic E-state index is 10.0. The van der Waals surface area contributed by atoms with Crippen LogP contribution in [-0.2, 0) is 0 Å². The van der Waals surface area contributed by atoms with Crippen LogP contribution in [0.25, 0.3) is 0 Å². The van der Waals surface area contributed by atoms with Crippen molar-refractivity contribution < 1.29 is 10.2 Å². The normalized spacial score (nSPS) is 13.6. The van der Waals surface area contributed by atoms with Crippen LogP contribution in [0.2, 0.25) is 0 Å². The molecule has 0 aliphatic carbocycles. The fourth-order valence-electron chi connectivity index (χ4n) is 3.06.